The van der Waals surface area contributed by atoms with E-state index in [2.05, 4.69) is 22.4 Å². The number of rotatable bonds is 4. The molecule has 0 aromatic carbocycles. The second-order valence-electron chi connectivity index (χ2n) is 4.41. The summed E-state index contributed by atoms with van der Waals surface area (Å²) in [6.45, 7) is 4.04. The van der Waals surface area contributed by atoms with Crippen LogP contribution in [0.25, 0.3) is 0 Å². The van der Waals surface area contributed by atoms with Gasteiger partial charge in [-0.05, 0) is 25.5 Å². The van der Waals surface area contributed by atoms with Crippen LogP contribution in [0.5, 0.6) is 0 Å². The Balaban J connectivity index is 1.97. The van der Waals surface area contributed by atoms with Crippen LogP contribution in [0.15, 0.2) is 6.20 Å². The number of aromatic nitrogens is 2. The van der Waals surface area contributed by atoms with Crippen molar-refractivity contribution in [2.75, 3.05) is 5.75 Å². The monoisotopic (exact) mass is 253 g/mol. The van der Waals surface area contributed by atoms with Crippen LogP contribution >= 0.6 is 11.8 Å². The van der Waals surface area contributed by atoms with Crippen LogP contribution in [0.4, 0.5) is 0 Å². The average molecular weight is 253 g/mol. The first-order chi connectivity index (χ1) is 8.22. The summed E-state index contributed by atoms with van der Waals surface area (Å²) in [4.78, 5) is 12.1. The summed E-state index contributed by atoms with van der Waals surface area (Å²) in [5, 5.41) is 10.4. The zero-order chi connectivity index (χ0) is 12.3. The Morgan fingerprint density at radius 3 is 3.12 bits per heavy atom. The van der Waals surface area contributed by atoms with Crippen LogP contribution in [0.2, 0.25) is 0 Å². The molecule has 1 saturated carbocycles. The number of carbonyl (C=O) groups excluding carboxylic acids is 1. The lowest BCUT2D eigenvalue weighted by molar-refractivity contribution is 0.0938. The Kier molecular flexibility index (Phi) is 4.10. The maximum atomic E-state index is 12.1. The molecule has 1 amide bonds. The number of nitrogens with one attached hydrogen (secondary N) is 2. The zero-order valence-electron chi connectivity index (χ0n) is 10.3. The molecule has 1 fully saturated rings. The van der Waals surface area contributed by atoms with Gasteiger partial charge in [-0.2, -0.15) is 16.9 Å². The fourth-order valence-electron chi connectivity index (χ4n) is 2.33. The molecule has 1 aromatic heterocycles. The van der Waals surface area contributed by atoms with Gasteiger partial charge in [-0.25, -0.2) is 0 Å². The van der Waals surface area contributed by atoms with Crippen LogP contribution < -0.4 is 5.32 Å². The van der Waals surface area contributed by atoms with E-state index in [0.29, 0.717) is 16.9 Å². The van der Waals surface area contributed by atoms with E-state index in [0.717, 1.165) is 17.9 Å². The minimum Gasteiger partial charge on any atom is -0.348 e. The Bertz CT molecular complexity index is 391. The topological polar surface area (TPSA) is 57.8 Å². The van der Waals surface area contributed by atoms with Gasteiger partial charge in [0.25, 0.3) is 5.91 Å². The van der Waals surface area contributed by atoms with Crippen molar-refractivity contribution in [2.45, 2.75) is 44.4 Å². The Morgan fingerprint density at radius 1 is 1.65 bits per heavy atom. The Labute approximate surface area is 106 Å². The molecule has 0 saturated heterocycles. The van der Waals surface area contributed by atoms with E-state index < -0.39 is 0 Å². The van der Waals surface area contributed by atoms with Crippen molar-refractivity contribution < 1.29 is 4.79 Å². The normalized spacial score (nSPS) is 23.9. The van der Waals surface area contributed by atoms with E-state index >= 15 is 0 Å². The summed E-state index contributed by atoms with van der Waals surface area (Å²) in [6.07, 6.45) is 5.13. The predicted octanol–water partition coefficient (Wildman–Crippen LogP) is 2.12. The highest BCUT2D eigenvalue weighted by atomic mass is 32.2. The van der Waals surface area contributed by atoms with Gasteiger partial charge < -0.3 is 5.32 Å². The summed E-state index contributed by atoms with van der Waals surface area (Å²) in [6, 6.07) is 0.321. The fourth-order valence-corrected chi connectivity index (χ4v) is 3.53. The molecule has 1 aliphatic carbocycles. The van der Waals surface area contributed by atoms with Crippen molar-refractivity contribution in [3.63, 3.8) is 0 Å². The molecule has 1 heterocycles. The second kappa shape index (κ2) is 5.58. The van der Waals surface area contributed by atoms with Gasteiger partial charge in [-0.15, -0.1) is 0 Å². The highest BCUT2D eigenvalue weighted by Crippen LogP contribution is 2.30. The number of aromatic amines is 1. The lowest BCUT2D eigenvalue weighted by atomic mass is 10.2. The summed E-state index contributed by atoms with van der Waals surface area (Å²) in [7, 11) is 0. The molecule has 1 aromatic rings. The Morgan fingerprint density at radius 2 is 2.47 bits per heavy atom. The van der Waals surface area contributed by atoms with Crippen molar-refractivity contribution in [3.8, 4) is 0 Å². The van der Waals surface area contributed by atoms with Crippen molar-refractivity contribution in [1.82, 2.24) is 15.5 Å². The van der Waals surface area contributed by atoms with E-state index in [9.17, 15) is 4.79 Å². The summed E-state index contributed by atoms with van der Waals surface area (Å²) in [5.74, 6) is 1.12. The number of amides is 1. The molecule has 94 valence electrons. The standard InChI is InChI=1S/C12H19N3OS/c1-3-17-11-6-4-5-10(11)14-12(16)9-7-13-15-8(9)2/h7,10-11H,3-6H2,1-2H3,(H,13,15)(H,14,16). The molecule has 1 aliphatic rings. The molecule has 0 spiro atoms. The summed E-state index contributed by atoms with van der Waals surface area (Å²) >= 11 is 1.95. The number of nitrogens with zero attached hydrogens (tertiary/aromatic N) is 1. The first-order valence-electron chi connectivity index (χ1n) is 6.14. The molecular weight excluding hydrogens is 234 g/mol. The van der Waals surface area contributed by atoms with Gasteiger partial charge in [0.15, 0.2) is 0 Å². The number of hydrogen-bond donors (Lipinski definition) is 2. The van der Waals surface area contributed by atoms with Gasteiger partial charge in [-0.3, -0.25) is 9.89 Å². The van der Waals surface area contributed by atoms with E-state index in [4.69, 9.17) is 0 Å². The fraction of sp³-hybridized carbons (Fsp3) is 0.667. The first kappa shape index (κ1) is 12.5. The van der Waals surface area contributed by atoms with Gasteiger partial charge in [0.2, 0.25) is 0 Å². The highest BCUT2D eigenvalue weighted by molar-refractivity contribution is 7.99. The molecule has 2 unspecified atom stereocenters. The molecule has 5 heteroatoms. The molecule has 2 rings (SSSR count). The molecular formula is C12H19N3OS. The second-order valence-corrected chi connectivity index (χ2v) is 5.93. The van der Waals surface area contributed by atoms with Crippen LogP contribution in [-0.2, 0) is 0 Å². The number of thioether (sulfide) groups is 1. The third-order valence-electron chi connectivity index (χ3n) is 3.22. The van der Waals surface area contributed by atoms with Gasteiger partial charge >= 0.3 is 0 Å². The summed E-state index contributed by atoms with van der Waals surface area (Å²) < 4.78 is 0. The number of aryl methyl sites for hydroxylation is 1. The molecule has 2 atom stereocenters. The largest absolute Gasteiger partial charge is 0.348 e. The van der Waals surface area contributed by atoms with Crippen LogP contribution in [0, 0.1) is 6.92 Å². The minimum atomic E-state index is 0.00449. The van der Waals surface area contributed by atoms with Crippen molar-refractivity contribution in [2.24, 2.45) is 0 Å². The maximum Gasteiger partial charge on any atom is 0.254 e. The van der Waals surface area contributed by atoms with E-state index in [-0.39, 0.29) is 5.91 Å². The quantitative estimate of drug-likeness (QED) is 0.864. The average Bonchev–Trinajstić information content (AvgIpc) is 2.89. The molecule has 4 nitrogen and oxygen atoms in total. The zero-order valence-corrected chi connectivity index (χ0v) is 11.1. The van der Waals surface area contributed by atoms with Gasteiger partial charge in [0.1, 0.15) is 0 Å². The van der Waals surface area contributed by atoms with Gasteiger partial charge in [0, 0.05) is 17.0 Å². The SMILES string of the molecule is CCSC1CCCC1NC(=O)c1cn[nH]c1C. The molecule has 2 N–H and O–H groups in total. The third kappa shape index (κ3) is 2.83. The Hall–Kier alpha value is -0.970. The van der Waals surface area contributed by atoms with Crippen molar-refractivity contribution in [1.29, 1.82) is 0 Å². The van der Waals surface area contributed by atoms with E-state index in [1.165, 1.54) is 12.8 Å². The third-order valence-corrected chi connectivity index (χ3v) is 4.55. The van der Waals surface area contributed by atoms with E-state index in [1.54, 1.807) is 6.20 Å². The number of H-pyrrole nitrogens is 1. The van der Waals surface area contributed by atoms with Crippen molar-refractivity contribution >= 4 is 17.7 Å². The van der Waals surface area contributed by atoms with E-state index in [1.807, 2.05) is 18.7 Å². The number of hydrogen-bond acceptors (Lipinski definition) is 3. The van der Waals surface area contributed by atoms with Gasteiger partial charge in [0.05, 0.1) is 11.8 Å². The molecule has 0 bridgehead atoms. The first-order valence-corrected chi connectivity index (χ1v) is 7.19. The van der Waals surface area contributed by atoms with Crippen LogP contribution in [-0.4, -0.2) is 33.1 Å². The minimum absolute atomic E-state index is 0.00449. The maximum absolute atomic E-state index is 12.1. The molecule has 0 radical (unpaired) electrons. The van der Waals surface area contributed by atoms with Gasteiger partial charge in [-0.1, -0.05) is 13.3 Å². The van der Waals surface area contributed by atoms with Crippen LogP contribution in [0.1, 0.15) is 42.2 Å². The lowest BCUT2D eigenvalue weighted by Crippen LogP contribution is -2.38. The molecule has 0 aliphatic heterocycles. The highest BCUT2D eigenvalue weighted by Gasteiger charge is 2.29. The summed E-state index contributed by atoms with van der Waals surface area (Å²) in [5.41, 5.74) is 1.50. The smallest absolute Gasteiger partial charge is 0.254 e. The lowest BCUT2D eigenvalue weighted by Gasteiger charge is -2.19. The van der Waals surface area contributed by atoms with Crippen molar-refractivity contribution in [3.05, 3.63) is 17.5 Å². The number of carbonyl (C=O) groups is 1. The molecule has 17 heavy (non-hydrogen) atoms. The predicted molar refractivity (Wildman–Crippen MR) is 70.3 cm³/mol. The van der Waals surface area contributed by atoms with Crippen LogP contribution in [0.3, 0.4) is 0 Å².